The second-order valence-corrected chi connectivity index (χ2v) is 4.68. The third-order valence-corrected chi connectivity index (χ3v) is 2.78. The van der Waals surface area contributed by atoms with E-state index in [4.69, 9.17) is 10.5 Å². The standard InChI is InChI=1S/C15H23N3O/c1-11(2)9-17-15(16)18-10-12(3)13-7-5-6-8-14(13)19-4/h5-8,12H,1,9-10H2,2-4H3,(H3,16,17,18). The summed E-state index contributed by atoms with van der Waals surface area (Å²) >= 11 is 0. The van der Waals surface area contributed by atoms with Crippen molar-refractivity contribution in [2.75, 3.05) is 20.2 Å². The molecule has 0 radical (unpaired) electrons. The minimum atomic E-state index is 0.251. The van der Waals surface area contributed by atoms with Crippen LogP contribution in [0.25, 0.3) is 0 Å². The van der Waals surface area contributed by atoms with E-state index in [1.54, 1.807) is 7.11 Å². The van der Waals surface area contributed by atoms with Crippen molar-refractivity contribution < 1.29 is 4.74 Å². The molecule has 1 aromatic carbocycles. The molecular formula is C15H23N3O. The van der Waals surface area contributed by atoms with Gasteiger partial charge in [0.05, 0.1) is 7.11 Å². The first-order valence-electron chi connectivity index (χ1n) is 6.35. The molecule has 4 nitrogen and oxygen atoms in total. The lowest BCUT2D eigenvalue weighted by atomic mass is 10.0. The number of aliphatic imine (C=N–C) groups is 1. The number of rotatable bonds is 6. The zero-order chi connectivity index (χ0) is 14.3. The highest BCUT2D eigenvalue weighted by atomic mass is 16.5. The minimum absolute atomic E-state index is 0.251. The van der Waals surface area contributed by atoms with Crippen molar-refractivity contribution in [3.63, 3.8) is 0 Å². The molecule has 0 heterocycles. The molecule has 4 heteroatoms. The van der Waals surface area contributed by atoms with E-state index in [1.807, 2.05) is 25.1 Å². The number of ether oxygens (including phenoxy) is 1. The first-order chi connectivity index (χ1) is 9.04. The SMILES string of the molecule is C=C(C)CNC(N)=NCC(C)c1ccccc1OC. The predicted octanol–water partition coefficient (Wildman–Crippen LogP) is 2.28. The van der Waals surface area contributed by atoms with Gasteiger partial charge in [0.25, 0.3) is 0 Å². The van der Waals surface area contributed by atoms with Gasteiger partial charge in [-0.3, -0.25) is 4.99 Å². The molecule has 1 unspecified atom stereocenters. The van der Waals surface area contributed by atoms with Crippen molar-refractivity contribution in [2.45, 2.75) is 19.8 Å². The third kappa shape index (κ3) is 5.04. The zero-order valence-electron chi connectivity index (χ0n) is 11.9. The van der Waals surface area contributed by atoms with Crippen LogP contribution in [0.2, 0.25) is 0 Å². The summed E-state index contributed by atoms with van der Waals surface area (Å²) in [5.41, 5.74) is 7.95. The molecule has 0 saturated heterocycles. The lowest BCUT2D eigenvalue weighted by Gasteiger charge is -2.14. The lowest BCUT2D eigenvalue weighted by molar-refractivity contribution is 0.407. The Balaban J connectivity index is 2.61. The van der Waals surface area contributed by atoms with Gasteiger partial charge in [-0.2, -0.15) is 0 Å². The molecule has 1 rings (SSSR count). The van der Waals surface area contributed by atoms with E-state index in [-0.39, 0.29) is 5.92 Å². The largest absolute Gasteiger partial charge is 0.496 e. The maximum atomic E-state index is 5.79. The highest BCUT2D eigenvalue weighted by molar-refractivity contribution is 5.78. The Morgan fingerprint density at radius 3 is 2.79 bits per heavy atom. The normalized spacial score (nSPS) is 12.9. The summed E-state index contributed by atoms with van der Waals surface area (Å²) in [6.07, 6.45) is 0. The average molecular weight is 261 g/mol. The van der Waals surface area contributed by atoms with Crippen LogP contribution >= 0.6 is 0 Å². The summed E-state index contributed by atoms with van der Waals surface area (Å²) in [5, 5.41) is 3.01. The van der Waals surface area contributed by atoms with Gasteiger partial charge in [0.15, 0.2) is 5.96 Å². The molecule has 0 aliphatic carbocycles. The van der Waals surface area contributed by atoms with E-state index < -0.39 is 0 Å². The predicted molar refractivity (Wildman–Crippen MR) is 80.7 cm³/mol. The summed E-state index contributed by atoms with van der Waals surface area (Å²) in [6, 6.07) is 7.97. The van der Waals surface area contributed by atoms with Crippen LogP contribution in [0.4, 0.5) is 0 Å². The van der Waals surface area contributed by atoms with Crippen LogP contribution in [-0.4, -0.2) is 26.2 Å². The van der Waals surface area contributed by atoms with Crippen LogP contribution in [0.5, 0.6) is 5.75 Å². The third-order valence-electron chi connectivity index (χ3n) is 2.78. The summed E-state index contributed by atoms with van der Waals surface area (Å²) < 4.78 is 5.35. The van der Waals surface area contributed by atoms with Gasteiger partial charge in [-0.05, 0) is 18.6 Å². The van der Waals surface area contributed by atoms with Crippen molar-refractivity contribution in [1.82, 2.24) is 5.32 Å². The number of nitrogens with one attached hydrogen (secondary N) is 1. The first-order valence-corrected chi connectivity index (χ1v) is 6.35. The fraction of sp³-hybridized carbons (Fsp3) is 0.400. The van der Waals surface area contributed by atoms with Crippen LogP contribution in [0.3, 0.4) is 0 Å². The van der Waals surface area contributed by atoms with Crippen molar-refractivity contribution >= 4 is 5.96 Å². The number of para-hydroxylation sites is 1. The Hall–Kier alpha value is -1.97. The fourth-order valence-electron chi connectivity index (χ4n) is 1.70. The van der Waals surface area contributed by atoms with Gasteiger partial charge in [-0.15, -0.1) is 0 Å². The van der Waals surface area contributed by atoms with Crippen molar-refractivity contribution in [1.29, 1.82) is 0 Å². The molecule has 0 fully saturated rings. The maximum Gasteiger partial charge on any atom is 0.188 e. The van der Waals surface area contributed by atoms with Crippen LogP contribution in [0.15, 0.2) is 41.4 Å². The highest BCUT2D eigenvalue weighted by Crippen LogP contribution is 2.26. The van der Waals surface area contributed by atoms with Crippen molar-refractivity contribution in [3.05, 3.63) is 42.0 Å². The van der Waals surface area contributed by atoms with Crippen LogP contribution in [0.1, 0.15) is 25.3 Å². The van der Waals surface area contributed by atoms with Gasteiger partial charge in [-0.25, -0.2) is 0 Å². The minimum Gasteiger partial charge on any atom is -0.496 e. The van der Waals surface area contributed by atoms with E-state index in [1.165, 1.54) is 0 Å². The quantitative estimate of drug-likeness (QED) is 0.469. The Morgan fingerprint density at radius 1 is 1.47 bits per heavy atom. The Bertz CT molecular complexity index is 454. The molecule has 104 valence electrons. The van der Waals surface area contributed by atoms with Gasteiger partial charge < -0.3 is 15.8 Å². The molecule has 0 saturated carbocycles. The molecule has 1 atom stereocenters. The van der Waals surface area contributed by atoms with Crippen LogP contribution in [0, 0.1) is 0 Å². The molecule has 0 amide bonds. The van der Waals surface area contributed by atoms with Gasteiger partial charge in [0.2, 0.25) is 0 Å². The topological polar surface area (TPSA) is 59.6 Å². The molecule has 3 N–H and O–H groups in total. The summed E-state index contributed by atoms with van der Waals surface area (Å²) in [5.74, 6) is 1.59. The average Bonchev–Trinajstić information content (AvgIpc) is 2.42. The van der Waals surface area contributed by atoms with E-state index in [9.17, 15) is 0 Å². The second-order valence-electron chi connectivity index (χ2n) is 4.68. The van der Waals surface area contributed by atoms with Crippen LogP contribution in [-0.2, 0) is 0 Å². The Morgan fingerprint density at radius 2 is 2.16 bits per heavy atom. The van der Waals surface area contributed by atoms with E-state index in [2.05, 4.69) is 29.9 Å². The van der Waals surface area contributed by atoms with Crippen molar-refractivity contribution in [3.8, 4) is 5.75 Å². The highest BCUT2D eigenvalue weighted by Gasteiger charge is 2.10. The Kier molecular flexibility index (Phi) is 5.93. The van der Waals surface area contributed by atoms with Gasteiger partial charge >= 0.3 is 0 Å². The number of hydrogen-bond donors (Lipinski definition) is 2. The van der Waals surface area contributed by atoms with Crippen LogP contribution < -0.4 is 15.8 Å². The number of methoxy groups -OCH3 is 1. The van der Waals surface area contributed by atoms with E-state index >= 15 is 0 Å². The second kappa shape index (κ2) is 7.46. The van der Waals surface area contributed by atoms with Gasteiger partial charge in [-0.1, -0.05) is 37.3 Å². The molecule has 0 aliphatic heterocycles. The molecule has 1 aromatic rings. The number of hydrogen-bond acceptors (Lipinski definition) is 2. The maximum absolute atomic E-state index is 5.79. The summed E-state index contributed by atoms with van der Waals surface area (Å²) in [7, 11) is 1.68. The first kappa shape index (κ1) is 15.1. The molecule has 0 aromatic heterocycles. The molecule has 19 heavy (non-hydrogen) atoms. The van der Waals surface area contributed by atoms with Crippen molar-refractivity contribution in [2.24, 2.45) is 10.7 Å². The lowest BCUT2D eigenvalue weighted by Crippen LogP contribution is -2.33. The molecule has 0 spiro atoms. The number of nitrogens with two attached hydrogens (primary N) is 1. The van der Waals surface area contributed by atoms with E-state index in [0.29, 0.717) is 19.0 Å². The molecule has 0 bridgehead atoms. The van der Waals surface area contributed by atoms with Gasteiger partial charge in [0, 0.05) is 19.0 Å². The van der Waals surface area contributed by atoms with Gasteiger partial charge in [0.1, 0.15) is 5.75 Å². The molecular weight excluding hydrogens is 238 g/mol. The smallest absolute Gasteiger partial charge is 0.188 e. The monoisotopic (exact) mass is 261 g/mol. The molecule has 0 aliphatic rings. The Labute approximate surface area is 115 Å². The zero-order valence-corrected chi connectivity index (χ0v) is 11.9. The number of benzene rings is 1. The van der Waals surface area contributed by atoms with E-state index in [0.717, 1.165) is 16.9 Å². The summed E-state index contributed by atoms with van der Waals surface area (Å²) in [6.45, 7) is 9.12. The fourth-order valence-corrected chi connectivity index (χ4v) is 1.70. The number of nitrogens with zero attached hydrogens (tertiary/aromatic N) is 1. The summed E-state index contributed by atoms with van der Waals surface area (Å²) in [4.78, 5) is 4.33. The number of guanidine groups is 1.